The zero-order valence-corrected chi connectivity index (χ0v) is 16.3. The number of carboxylic acids is 1. The number of nitrogens with one attached hydrogen (secondary N) is 1. The summed E-state index contributed by atoms with van der Waals surface area (Å²) in [6.45, 7) is 0. The molecule has 29 heavy (non-hydrogen) atoms. The summed E-state index contributed by atoms with van der Waals surface area (Å²) in [6.07, 6.45) is 5.52. The van der Waals surface area contributed by atoms with Gasteiger partial charge in [-0.05, 0) is 47.9 Å². The van der Waals surface area contributed by atoms with Crippen LogP contribution in [0.2, 0.25) is 0 Å². The van der Waals surface area contributed by atoms with E-state index in [0.717, 1.165) is 16.7 Å². The standard InChI is InChI=1S/C22H20N2O4S/c25-22(26)13-5-12-21(18-8-6-14-23-16-18)17-7-4-9-19(15-17)24-29(27,28)20-10-2-1-3-11-20/h1-4,6-12,14-16,24H,5,13H2,(H,25,26)/b21-12+. The number of anilines is 1. The number of benzene rings is 2. The monoisotopic (exact) mass is 408 g/mol. The van der Waals surface area contributed by atoms with E-state index in [1.165, 1.54) is 12.1 Å². The Morgan fingerprint density at radius 1 is 1.00 bits per heavy atom. The Hall–Kier alpha value is -3.45. The highest BCUT2D eigenvalue weighted by Gasteiger charge is 2.14. The molecule has 0 fully saturated rings. The smallest absolute Gasteiger partial charge is 0.303 e. The van der Waals surface area contributed by atoms with E-state index < -0.39 is 16.0 Å². The summed E-state index contributed by atoms with van der Waals surface area (Å²) in [4.78, 5) is 15.2. The maximum absolute atomic E-state index is 12.6. The summed E-state index contributed by atoms with van der Waals surface area (Å²) in [5, 5.41) is 8.93. The Morgan fingerprint density at radius 3 is 2.45 bits per heavy atom. The van der Waals surface area contributed by atoms with Crippen LogP contribution in [0.25, 0.3) is 5.57 Å². The molecule has 3 rings (SSSR count). The van der Waals surface area contributed by atoms with Gasteiger partial charge in [0.25, 0.3) is 10.0 Å². The van der Waals surface area contributed by atoms with Crippen molar-refractivity contribution in [2.24, 2.45) is 0 Å². The Morgan fingerprint density at radius 2 is 1.76 bits per heavy atom. The fourth-order valence-electron chi connectivity index (χ4n) is 2.83. The minimum Gasteiger partial charge on any atom is -0.481 e. The van der Waals surface area contributed by atoms with Crippen molar-refractivity contribution in [2.75, 3.05) is 4.72 Å². The van der Waals surface area contributed by atoms with E-state index in [0.29, 0.717) is 12.1 Å². The van der Waals surface area contributed by atoms with E-state index in [2.05, 4.69) is 9.71 Å². The lowest BCUT2D eigenvalue weighted by molar-refractivity contribution is -0.136. The molecule has 7 heteroatoms. The molecule has 0 saturated carbocycles. The first-order valence-corrected chi connectivity index (χ1v) is 10.4. The SMILES string of the molecule is O=C(O)CC/C=C(/c1cccnc1)c1cccc(NS(=O)(=O)c2ccccc2)c1. The second kappa shape index (κ2) is 9.16. The molecular formula is C22H20N2O4S. The maximum Gasteiger partial charge on any atom is 0.303 e. The first-order valence-electron chi connectivity index (χ1n) is 8.96. The van der Waals surface area contributed by atoms with Gasteiger partial charge in [-0.2, -0.15) is 0 Å². The Balaban J connectivity index is 1.93. The van der Waals surface area contributed by atoms with Gasteiger partial charge in [0, 0.05) is 30.1 Å². The fraction of sp³-hybridized carbons (Fsp3) is 0.0909. The van der Waals surface area contributed by atoms with Crippen LogP contribution in [0.1, 0.15) is 24.0 Å². The van der Waals surface area contributed by atoms with Crippen LogP contribution in [0.5, 0.6) is 0 Å². The van der Waals surface area contributed by atoms with Crippen LogP contribution < -0.4 is 4.72 Å². The first kappa shape index (κ1) is 20.3. The molecule has 0 spiro atoms. The summed E-state index contributed by atoms with van der Waals surface area (Å²) < 4.78 is 27.8. The van der Waals surface area contributed by atoms with Gasteiger partial charge in [0.2, 0.25) is 0 Å². The van der Waals surface area contributed by atoms with Crippen molar-refractivity contribution in [3.8, 4) is 0 Å². The number of pyridine rings is 1. The summed E-state index contributed by atoms with van der Waals surface area (Å²) in [5.41, 5.74) is 2.79. The average Bonchev–Trinajstić information content (AvgIpc) is 2.72. The Bertz CT molecular complexity index is 1110. The third kappa shape index (κ3) is 5.52. The Kier molecular flexibility index (Phi) is 6.41. The number of sulfonamides is 1. The van der Waals surface area contributed by atoms with Crippen LogP contribution >= 0.6 is 0 Å². The number of aliphatic carboxylic acids is 1. The van der Waals surface area contributed by atoms with Crippen LogP contribution in [0.3, 0.4) is 0 Å². The van der Waals surface area contributed by atoms with Crippen LogP contribution in [-0.2, 0) is 14.8 Å². The summed E-state index contributed by atoms with van der Waals surface area (Å²) in [7, 11) is -3.71. The van der Waals surface area contributed by atoms with Gasteiger partial charge in [0.1, 0.15) is 0 Å². The van der Waals surface area contributed by atoms with Crippen LogP contribution in [0.4, 0.5) is 5.69 Å². The molecule has 0 saturated heterocycles. The number of hydrogen-bond acceptors (Lipinski definition) is 4. The molecule has 0 aliphatic heterocycles. The van der Waals surface area contributed by atoms with Gasteiger partial charge in [0.15, 0.2) is 0 Å². The van der Waals surface area contributed by atoms with E-state index >= 15 is 0 Å². The zero-order valence-electron chi connectivity index (χ0n) is 15.5. The zero-order chi connectivity index (χ0) is 20.7. The molecule has 0 radical (unpaired) electrons. The van der Waals surface area contributed by atoms with E-state index in [1.54, 1.807) is 54.9 Å². The molecule has 0 aliphatic rings. The lowest BCUT2D eigenvalue weighted by Gasteiger charge is -2.12. The van der Waals surface area contributed by atoms with E-state index in [4.69, 9.17) is 5.11 Å². The molecule has 0 unspecified atom stereocenters. The second-order valence-electron chi connectivity index (χ2n) is 6.29. The molecule has 3 aromatic rings. The first-order chi connectivity index (χ1) is 14.0. The lowest BCUT2D eigenvalue weighted by Crippen LogP contribution is -2.12. The quantitative estimate of drug-likeness (QED) is 0.583. The number of carbonyl (C=O) groups is 1. The fourth-order valence-corrected chi connectivity index (χ4v) is 3.90. The van der Waals surface area contributed by atoms with Crippen molar-refractivity contribution in [1.82, 2.24) is 4.98 Å². The second-order valence-corrected chi connectivity index (χ2v) is 7.97. The number of carboxylic acid groups (broad SMARTS) is 1. The molecule has 2 aromatic carbocycles. The largest absolute Gasteiger partial charge is 0.481 e. The number of nitrogens with zero attached hydrogens (tertiary/aromatic N) is 1. The van der Waals surface area contributed by atoms with Gasteiger partial charge >= 0.3 is 5.97 Å². The van der Waals surface area contributed by atoms with Gasteiger partial charge in [-0.1, -0.05) is 42.5 Å². The van der Waals surface area contributed by atoms with E-state index in [9.17, 15) is 13.2 Å². The summed E-state index contributed by atoms with van der Waals surface area (Å²) >= 11 is 0. The van der Waals surface area contributed by atoms with Crippen molar-refractivity contribution in [1.29, 1.82) is 0 Å². The number of hydrogen-bond donors (Lipinski definition) is 2. The molecule has 1 heterocycles. The van der Waals surface area contributed by atoms with Crippen LogP contribution in [-0.4, -0.2) is 24.5 Å². The molecule has 148 valence electrons. The number of allylic oxidation sites excluding steroid dienone is 1. The highest BCUT2D eigenvalue weighted by molar-refractivity contribution is 7.92. The normalized spacial score (nSPS) is 11.8. The maximum atomic E-state index is 12.6. The predicted octanol–water partition coefficient (Wildman–Crippen LogP) is 4.18. The van der Waals surface area contributed by atoms with Crippen LogP contribution in [0, 0.1) is 0 Å². The molecule has 2 N–H and O–H groups in total. The van der Waals surface area contributed by atoms with Gasteiger partial charge in [-0.3, -0.25) is 14.5 Å². The highest BCUT2D eigenvalue weighted by Crippen LogP contribution is 2.27. The molecular weight excluding hydrogens is 388 g/mol. The minimum absolute atomic E-state index is 0.00406. The van der Waals surface area contributed by atoms with Gasteiger partial charge in [-0.15, -0.1) is 0 Å². The van der Waals surface area contributed by atoms with Crippen molar-refractivity contribution in [3.63, 3.8) is 0 Å². The Labute approximate surface area is 169 Å². The summed E-state index contributed by atoms with van der Waals surface area (Å²) in [5.74, 6) is -0.879. The lowest BCUT2D eigenvalue weighted by atomic mass is 9.97. The molecule has 0 bridgehead atoms. The van der Waals surface area contributed by atoms with Gasteiger partial charge < -0.3 is 5.11 Å². The number of rotatable bonds is 8. The highest BCUT2D eigenvalue weighted by atomic mass is 32.2. The van der Waals surface area contributed by atoms with Crippen molar-refractivity contribution in [2.45, 2.75) is 17.7 Å². The molecule has 0 atom stereocenters. The van der Waals surface area contributed by atoms with Crippen molar-refractivity contribution in [3.05, 3.63) is 96.3 Å². The number of aromatic nitrogens is 1. The topological polar surface area (TPSA) is 96.4 Å². The van der Waals surface area contributed by atoms with E-state index in [-0.39, 0.29) is 11.3 Å². The average molecular weight is 408 g/mol. The predicted molar refractivity (Wildman–Crippen MR) is 112 cm³/mol. The van der Waals surface area contributed by atoms with Crippen molar-refractivity contribution < 1.29 is 18.3 Å². The minimum atomic E-state index is -3.71. The van der Waals surface area contributed by atoms with Crippen molar-refractivity contribution >= 4 is 27.3 Å². The molecule has 6 nitrogen and oxygen atoms in total. The molecule has 0 aliphatic carbocycles. The molecule has 0 amide bonds. The third-order valence-corrected chi connectivity index (χ3v) is 5.56. The van der Waals surface area contributed by atoms with Crippen LogP contribution in [0.15, 0.2) is 90.1 Å². The molecule has 1 aromatic heterocycles. The third-order valence-electron chi connectivity index (χ3n) is 4.16. The summed E-state index contributed by atoms with van der Waals surface area (Å²) in [6, 6.07) is 18.8. The van der Waals surface area contributed by atoms with E-state index in [1.807, 2.05) is 18.2 Å². The van der Waals surface area contributed by atoms with Gasteiger partial charge in [-0.25, -0.2) is 8.42 Å². The van der Waals surface area contributed by atoms with Gasteiger partial charge in [0.05, 0.1) is 4.90 Å².